The van der Waals surface area contributed by atoms with E-state index in [0.717, 1.165) is 29.7 Å². The molecule has 3 nitrogen and oxygen atoms in total. The standard InChI is InChI=1S/C18H21NO2/c1-10-5-6-11(2)16(7-10)19-17(20)14-8-12(3)13(4)9-15(14)18(19)21/h5-7,14-15H,8-9H2,1-4H3/t14-,15-/m0/s1. The molecule has 0 unspecified atom stereocenters. The van der Waals surface area contributed by atoms with E-state index in [0.29, 0.717) is 0 Å². The predicted octanol–water partition coefficient (Wildman–Crippen LogP) is 3.54. The number of fused-ring (bicyclic) bond motifs is 1. The summed E-state index contributed by atoms with van der Waals surface area (Å²) in [5.41, 5.74) is 5.33. The third-order valence-electron chi connectivity index (χ3n) is 4.95. The Kier molecular flexibility index (Phi) is 3.23. The molecule has 1 aliphatic carbocycles. The van der Waals surface area contributed by atoms with E-state index in [4.69, 9.17) is 0 Å². The molecule has 1 fully saturated rings. The molecule has 2 atom stereocenters. The van der Waals surface area contributed by atoms with Crippen LogP contribution in [0.1, 0.15) is 37.8 Å². The summed E-state index contributed by atoms with van der Waals surface area (Å²) in [5.74, 6) is -0.377. The molecule has 0 N–H and O–H groups in total. The zero-order valence-corrected chi connectivity index (χ0v) is 13.1. The van der Waals surface area contributed by atoms with E-state index in [9.17, 15) is 9.59 Å². The van der Waals surface area contributed by atoms with Gasteiger partial charge < -0.3 is 0 Å². The minimum Gasteiger partial charge on any atom is -0.274 e. The van der Waals surface area contributed by atoms with Gasteiger partial charge in [-0.25, -0.2) is 4.90 Å². The average molecular weight is 283 g/mol. The first kappa shape index (κ1) is 14.1. The Morgan fingerprint density at radius 2 is 1.43 bits per heavy atom. The molecule has 0 aromatic heterocycles. The molecule has 0 radical (unpaired) electrons. The molecule has 1 aromatic rings. The number of rotatable bonds is 1. The topological polar surface area (TPSA) is 37.4 Å². The summed E-state index contributed by atoms with van der Waals surface area (Å²) in [7, 11) is 0. The van der Waals surface area contributed by atoms with Gasteiger partial charge in [0.05, 0.1) is 17.5 Å². The fraction of sp³-hybridized carbons (Fsp3) is 0.444. The predicted molar refractivity (Wildman–Crippen MR) is 83.0 cm³/mol. The van der Waals surface area contributed by atoms with E-state index in [-0.39, 0.29) is 23.7 Å². The molecule has 2 aliphatic rings. The van der Waals surface area contributed by atoms with Crippen molar-refractivity contribution < 1.29 is 9.59 Å². The summed E-state index contributed by atoms with van der Waals surface area (Å²) >= 11 is 0. The highest BCUT2D eigenvalue weighted by atomic mass is 16.2. The molecular formula is C18H21NO2. The number of hydrogen-bond acceptors (Lipinski definition) is 2. The van der Waals surface area contributed by atoms with Crippen LogP contribution in [0, 0.1) is 25.7 Å². The zero-order valence-electron chi connectivity index (χ0n) is 13.1. The summed E-state index contributed by atoms with van der Waals surface area (Å²) in [6, 6.07) is 5.92. The van der Waals surface area contributed by atoms with Crippen molar-refractivity contribution in [3.8, 4) is 0 Å². The summed E-state index contributed by atoms with van der Waals surface area (Å²) in [4.78, 5) is 26.9. The van der Waals surface area contributed by atoms with Crippen molar-refractivity contribution in [2.75, 3.05) is 4.90 Å². The molecule has 0 saturated carbocycles. The Hall–Kier alpha value is -1.90. The van der Waals surface area contributed by atoms with Gasteiger partial charge in [-0.05, 0) is 57.7 Å². The van der Waals surface area contributed by atoms with Gasteiger partial charge in [0.1, 0.15) is 0 Å². The Morgan fingerprint density at radius 3 is 1.95 bits per heavy atom. The van der Waals surface area contributed by atoms with Gasteiger partial charge in [-0.2, -0.15) is 0 Å². The SMILES string of the molecule is CC1=C(C)C[C@@H]2C(=O)N(c3cc(C)ccc3C)C(=O)[C@H]2C1. The quantitative estimate of drug-likeness (QED) is 0.584. The van der Waals surface area contributed by atoms with Crippen LogP contribution >= 0.6 is 0 Å². The number of carbonyl (C=O) groups excluding carboxylic acids is 2. The highest BCUT2D eigenvalue weighted by molar-refractivity contribution is 6.22. The van der Waals surface area contributed by atoms with Gasteiger partial charge >= 0.3 is 0 Å². The Labute approximate surface area is 125 Å². The number of imide groups is 1. The molecule has 3 rings (SSSR count). The molecule has 1 heterocycles. The number of carbonyl (C=O) groups is 2. The van der Waals surface area contributed by atoms with Gasteiger partial charge in [0, 0.05) is 0 Å². The number of aryl methyl sites for hydroxylation is 2. The summed E-state index contributed by atoms with van der Waals surface area (Å²) < 4.78 is 0. The maximum absolute atomic E-state index is 12.7. The molecule has 1 saturated heterocycles. The van der Waals surface area contributed by atoms with Crippen molar-refractivity contribution in [3.05, 3.63) is 40.5 Å². The van der Waals surface area contributed by atoms with Crippen molar-refractivity contribution in [3.63, 3.8) is 0 Å². The maximum Gasteiger partial charge on any atom is 0.238 e. The molecule has 2 amide bonds. The third kappa shape index (κ3) is 2.11. The van der Waals surface area contributed by atoms with Crippen LogP contribution < -0.4 is 4.90 Å². The minimum absolute atomic E-state index is 0.0226. The van der Waals surface area contributed by atoms with Crippen molar-refractivity contribution in [2.45, 2.75) is 40.5 Å². The highest BCUT2D eigenvalue weighted by Crippen LogP contribution is 2.42. The Morgan fingerprint density at radius 1 is 0.905 bits per heavy atom. The van der Waals surface area contributed by atoms with Crippen molar-refractivity contribution in [1.29, 1.82) is 0 Å². The molecule has 1 aliphatic heterocycles. The number of hydrogen-bond donors (Lipinski definition) is 0. The monoisotopic (exact) mass is 283 g/mol. The fourth-order valence-corrected chi connectivity index (χ4v) is 3.45. The second-order valence-corrected chi connectivity index (χ2v) is 6.48. The van der Waals surface area contributed by atoms with E-state index in [1.165, 1.54) is 16.0 Å². The van der Waals surface area contributed by atoms with E-state index in [2.05, 4.69) is 13.8 Å². The van der Waals surface area contributed by atoms with Gasteiger partial charge in [0.25, 0.3) is 0 Å². The first-order valence-electron chi connectivity index (χ1n) is 7.50. The molecule has 0 bridgehead atoms. The number of amides is 2. The van der Waals surface area contributed by atoms with Crippen LogP contribution in [-0.2, 0) is 9.59 Å². The summed E-state index contributed by atoms with van der Waals surface area (Å²) in [5, 5.41) is 0. The van der Waals surface area contributed by atoms with E-state index in [1.54, 1.807) is 0 Å². The Balaban J connectivity index is 2.02. The van der Waals surface area contributed by atoms with Crippen molar-refractivity contribution in [2.24, 2.45) is 11.8 Å². The van der Waals surface area contributed by atoms with Gasteiger partial charge in [-0.3, -0.25) is 9.59 Å². The third-order valence-corrected chi connectivity index (χ3v) is 4.95. The van der Waals surface area contributed by atoms with E-state index < -0.39 is 0 Å². The van der Waals surface area contributed by atoms with Crippen LogP contribution in [0.25, 0.3) is 0 Å². The molecule has 110 valence electrons. The maximum atomic E-state index is 12.7. The highest BCUT2D eigenvalue weighted by Gasteiger charge is 2.49. The normalized spacial score (nSPS) is 25.6. The summed E-state index contributed by atoms with van der Waals surface area (Å²) in [6.07, 6.45) is 1.45. The lowest BCUT2D eigenvalue weighted by Crippen LogP contribution is -2.31. The lowest BCUT2D eigenvalue weighted by molar-refractivity contribution is -0.122. The molecule has 21 heavy (non-hydrogen) atoms. The smallest absolute Gasteiger partial charge is 0.238 e. The van der Waals surface area contributed by atoms with Crippen LogP contribution in [0.2, 0.25) is 0 Å². The second kappa shape index (κ2) is 4.83. The molecule has 3 heteroatoms. The molecular weight excluding hydrogens is 262 g/mol. The van der Waals surface area contributed by atoms with Gasteiger partial charge in [-0.15, -0.1) is 0 Å². The average Bonchev–Trinajstić information content (AvgIpc) is 2.66. The Bertz CT molecular complexity index is 640. The van der Waals surface area contributed by atoms with Gasteiger partial charge in [0.2, 0.25) is 11.8 Å². The van der Waals surface area contributed by atoms with Crippen LogP contribution in [0.15, 0.2) is 29.3 Å². The number of allylic oxidation sites excluding steroid dienone is 2. The van der Waals surface area contributed by atoms with Crippen LogP contribution in [0.4, 0.5) is 5.69 Å². The van der Waals surface area contributed by atoms with Crippen molar-refractivity contribution >= 4 is 17.5 Å². The number of nitrogens with zero attached hydrogens (tertiary/aromatic N) is 1. The summed E-state index contributed by atoms with van der Waals surface area (Å²) in [6.45, 7) is 8.08. The van der Waals surface area contributed by atoms with Gasteiger partial charge in [-0.1, -0.05) is 23.3 Å². The number of benzene rings is 1. The first-order valence-corrected chi connectivity index (χ1v) is 7.50. The van der Waals surface area contributed by atoms with Crippen LogP contribution in [0.3, 0.4) is 0 Å². The molecule has 1 aromatic carbocycles. The number of anilines is 1. The van der Waals surface area contributed by atoms with Crippen LogP contribution in [0.5, 0.6) is 0 Å². The fourth-order valence-electron chi connectivity index (χ4n) is 3.45. The minimum atomic E-state index is -0.166. The van der Waals surface area contributed by atoms with Crippen LogP contribution in [-0.4, -0.2) is 11.8 Å². The van der Waals surface area contributed by atoms with E-state index >= 15 is 0 Å². The van der Waals surface area contributed by atoms with Crippen molar-refractivity contribution in [1.82, 2.24) is 0 Å². The second-order valence-electron chi connectivity index (χ2n) is 6.48. The lowest BCUT2D eigenvalue weighted by atomic mass is 9.78. The molecule has 0 spiro atoms. The largest absolute Gasteiger partial charge is 0.274 e. The van der Waals surface area contributed by atoms with E-state index in [1.807, 2.05) is 32.0 Å². The lowest BCUT2D eigenvalue weighted by Gasteiger charge is -2.23. The zero-order chi connectivity index (χ0) is 15.3. The first-order chi connectivity index (χ1) is 9.90. The van der Waals surface area contributed by atoms with Gasteiger partial charge in [0.15, 0.2) is 0 Å².